The van der Waals surface area contributed by atoms with Crippen LogP contribution in [-0.4, -0.2) is 37.0 Å². The van der Waals surface area contributed by atoms with Crippen LogP contribution in [0.25, 0.3) is 0 Å². The van der Waals surface area contributed by atoms with E-state index in [1.165, 1.54) is 173 Å². The minimum atomic E-state index is -0.537. The van der Waals surface area contributed by atoms with Crippen LogP contribution < -0.4 is 0 Å². The second kappa shape index (κ2) is 43.0. The van der Waals surface area contributed by atoms with Gasteiger partial charge in [0.05, 0.1) is 13.2 Å². The number of aliphatic hydroxyl groups is 1. The van der Waals surface area contributed by atoms with Gasteiger partial charge < -0.3 is 14.6 Å². The summed E-state index contributed by atoms with van der Waals surface area (Å²) < 4.78 is 11.2. The number of aliphatic hydroxyl groups excluding tert-OH is 1. The summed E-state index contributed by atoms with van der Waals surface area (Å²) in [6, 6.07) is 0. The largest absolute Gasteiger partial charge is 0.457 e. The Kier molecular flexibility index (Phi) is 42.0. The summed E-state index contributed by atoms with van der Waals surface area (Å²) in [5.74, 6) is -0.210. The van der Waals surface area contributed by atoms with Gasteiger partial charge in [0.2, 0.25) is 0 Å². The van der Waals surface area contributed by atoms with Crippen molar-refractivity contribution in [3.05, 3.63) is 24.3 Å². The van der Waals surface area contributed by atoms with E-state index >= 15 is 0 Å². The first-order chi connectivity index (χ1) is 24.2. The van der Waals surface area contributed by atoms with Gasteiger partial charge in [-0.1, -0.05) is 205 Å². The van der Waals surface area contributed by atoms with Crippen molar-refractivity contribution in [2.24, 2.45) is 0 Å². The molecule has 49 heavy (non-hydrogen) atoms. The highest BCUT2D eigenvalue weighted by atomic mass is 16.6. The van der Waals surface area contributed by atoms with E-state index < -0.39 is 6.10 Å². The van der Waals surface area contributed by atoms with Gasteiger partial charge in [-0.25, -0.2) is 0 Å². The van der Waals surface area contributed by atoms with E-state index in [0.717, 1.165) is 38.5 Å². The molecule has 1 N–H and O–H groups in total. The van der Waals surface area contributed by atoms with Crippen molar-refractivity contribution in [3.63, 3.8) is 0 Å². The Labute approximate surface area is 307 Å². The molecule has 0 aromatic carbocycles. The lowest BCUT2D eigenvalue weighted by atomic mass is 10.0. The molecule has 4 nitrogen and oxygen atoms in total. The topological polar surface area (TPSA) is 55.8 Å². The van der Waals surface area contributed by atoms with Crippen LogP contribution in [0.3, 0.4) is 0 Å². The van der Waals surface area contributed by atoms with Crippen LogP contribution in [0.2, 0.25) is 0 Å². The Morgan fingerprint density at radius 1 is 0.490 bits per heavy atom. The first-order valence-corrected chi connectivity index (χ1v) is 21.9. The first kappa shape index (κ1) is 47.9. The lowest BCUT2D eigenvalue weighted by Gasteiger charge is -2.15. The Morgan fingerprint density at radius 2 is 0.857 bits per heavy atom. The molecule has 0 aromatic rings. The van der Waals surface area contributed by atoms with Gasteiger partial charge in [-0.05, 0) is 44.9 Å². The van der Waals surface area contributed by atoms with E-state index in [1.807, 2.05) is 0 Å². The van der Waals surface area contributed by atoms with Crippen molar-refractivity contribution in [2.45, 2.75) is 238 Å². The molecule has 1 atom stereocenters. The predicted octanol–water partition coefficient (Wildman–Crippen LogP) is 14.3. The maximum Gasteiger partial charge on any atom is 0.306 e. The van der Waals surface area contributed by atoms with Gasteiger partial charge in [0.25, 0.3) is 0 Å². The fourth-order valence-electron chi connectivity index (χ4n) is 6.48. The third kappa shape index (κ3) is 41.2. The van der Waals surface area contributed by atoms with Gasteiger partial charge in [-0.3, -0.25) is 4.79 Å². The molecule has 0 aliphatic carbocycles. The van der Waals surface area contributed by atoms with E-state index in [0.29, 0.717) is 19.6 Å². The van der Waals surface area contributed by atoms with Gasteiger partial charge in [0, 0.05) is 13.0 Å². The Hall–Kier alpha value is -1.13. The predicted molar refractivity (Wildman–Crippen MR) is 214 cm³/mol. The average Bonchev–Trinajstić information content (AvgIpc) is 3.11. The molecule has 0 amide bonds. The highest BCUT2D eigenvalue weighted by molar-refractivity contribution is 5.69. The van der Waals surface area contributed by atoms with Crippen LogP contribution in [0.1, 0.15) is 232 Å². The normalized spacial score (nSPS) is 12.5. The lowest BCUT2D eigenvalue weighted by molar-refractivity contribution is -0.154. The Balaban J connectivity index is 3.38. The van der Waals surface area contributed by atoms with E-state index in [2.05, 4.69) is 38.2 Å². The van der Waals surface area contributed by atoms with E-state index in [1.54, 1.807) is 0 Å². The quantitative estimate of drug-likeness (QED) is 0.0394. The number of carbonyl (C=O) groups is 1. The third-order valence-corrected chi connectivity index (χ3v) is 9.78. The minimum Gasteiger partial charge on any atom is -0.457 e. The Morgan fingerprint density at radius 3 is 1.31 bits per heavy atom. The van der Waals surface area contributed by atoms with Crippen molar-refractivity contribution in [1.29, 1.82) is 0 Å². The number of carbonyl (C=O) groups excluding carboxylic acids is 1. The van der Waals surface area contributed by atoms with E-state index in [9.17, 15) is 9.90 Å². The van der Waals surface area contributed by atoms with Crippen LogP contribution in [0.4, 0.5) is 0 Å². The Bertz CT molecular complexity index is 688. The maximum absolute atomic E-state index is 12.2. The third-order valence-electron chi connectivity index (χ3n) is 9.78. The molecule has 0 aliphatic rings. The molecule has 0 aromatic heterocycles. The molecule has 0 heterocycles. The van der Waals surface area contributed by atoms with Gasteiger partial charge in [-0.15, -0.1) is 0 Å². The van der Waals surface area contributed by atoms with Crippen molar-refractivity contribution >= 4 is 5.97 Å². The van der Waals surface area contributed by atoms with E-state index in [4.69, 9.17) is 9.47 Å². The summed E-state index contributed by atoms with van der Waals surface area (Å²) in [6.07, 6.45) is 52.4. The number of ether oxygens (including phenoxy) is 2. The monoisotopic (exact) mass is 691 g/mol. The zero-order valence-electron chi connectivity index (χ0n) is 33.2. The molecule has 0 aliphatic heterocycles. The zero-order chi connectivity index (χ0) is 35.6. The molecule has 290 valence electrons. The summed E-state index contributed by atoms with van der Waals surface area (Å²) in [5, 5.41) is 9.60. The number of allylic oxidation sites excluding steroid dienone is 4. The highest BCUT2D eigenvalue weighted by Crippen LogP contribution is 2.16. The number of hydrogen-bond donors (Lipinski definition) is 1. The molecular weight excluding hydrogens is 604 g/mol. The fraction of sp³-hybridized carbons (Fsp3) is 0.889. The minimum absolute atomic E-state index is 0.173. The summed E-state index contributed by atoms with van der Waals surface area (Å²) in [5.41, 5.74) is 0. The van der Waals surface area contributed by atoms with Gasteiger partial charge in [0.15, 0.2) is 0 Å². The molecular formula is C45H86O4. The standard InChI is InChI=1S/C45H86O4/c1-3-5-7-9-11-13-15-17-19-20-21-22-23-24-25-27-29-31-33-35-37-39-41-48-43-44(42-46)49-45(47)40-38-36-34-32-30-28-26-18-16-14-12-10-8-6-4-2/h12,14,18,26,44,46H,3-11,13,15-17,19-25,27-43H2,1-2H3/b14-12-,26-18-. The second-order valence-corrected chi connectivity index (χ2v) is 14.8. The van der Waals surface area contributed by atoms with Crippen molar-refractivity contribution in [1.82, 2.24) is 0 Å². The lowest BCUT2D eigenvalue weighted by Crippen LogP contribution is -2.27. The van der Waals surface area contributed by atoms with Gasteiger partial charge in [-0.2, -0.15) is 0 Å². The van der Waals surface area contributed by atoms with Crippen LogP contribution in [0.15, 0.2) is 24.3 Å². The molecule has 0 fully saturated rings. The zero-order valence-corrected chi connectivity index (χ0v) is 33.2. The van der Waals surface area contributed by atoms with Gasteiger partial charge in [0.1, 0.15) is 6.10 Å². The molecule has 0 bridgehead atoms. The first-order valence-electron chi connectivity index (χ1n) is 21.9. The molecule has 0 saturated carbocycles. The SMILES string of the molecule is CCCCC/C=C\C/C=C\CCCCCCCC(=O)OC(CO)COCCCCCCCCCCCCCCCCCCCCCCCC. The smallest absolute Gasteiger partial charge is 0.306 e. The highest BCUT2D eigenvalue weighted by Gasteiger charge is 2.13. The van der Waals surface area contributed by atoms with Crippen molar-refractivity contribution in [2.75, 3.05) is 19.8 Å². The van der Waals surface area contributed by atoms with Crippen LogP contribution in [0.5, 0.6) is 0 Å². The number of hydrogen-bond acceptors (Lipinski definition) is 4. The second-order valence-electron chi connectivity index (χ2n) is 14.8. The van der Waals surface area contributed by atoms with Crippen molar-refractivity contribution < 1.29 is 19.4 Å². The molecule has 0 radical (unpaired) electrons. The summed E-state index contributed by atoms with van der Waals surface area (Å²) >= 11 is 0. The molecule has 0 rings (SSSR count). The number of rotatable bonds is 41. The molecule has 0 saturated heterocycles. The summed E-state index contributed by atoms with van der Waals surface area (Å²) in [7, 11) is 0. The molecule has 1 unspecified atom stereocenters. The molecule has 4 heteroatoms. The summed E-state index contributed by atoms with van der Waals surface area (Å²) in [6.45, 7) is 5.34. The van der Waals surface area contributed by atoms with Crippen molar-refractivity contribution in [3.8, 4) is 0 Å². The van der Waals surface area contributed by atoms with Gasteiger partial charge >= 0.3 is 5.97 Å². The summed E-state index contributed by atoms with van der Waals surface area (Å²) in [4.78, 5) is 12.2. The van der Waals surface area contributed by atoms with E-state index in [-0.39, 0.29) is 12.6 Å². The average molecular weight is 691 g/mol. The van der Waals surface area contributed by atoms with Crippen LogP contribution in [0, 0.1) is 0 Å². The fourth-order valence-corrected chi connectivity index (χ4v) is 6.48. The number of esters is 1. The molecule has 0 spiro atoms. The van der Waals surface area contributed by atoms with Crippen LogP contribution >= 0.6 is 0 Å². The van der Waals surface area contributed by atoms with Crippen LogP contribution in [-0.2, 0) is 14.3 Å². The number of unbranched alkanes of at least 4 members (excludes halogenated alkanes) is 29. The maximum atomic E-state index is 12.2.